The lowest BCUT2D eigenvalue weighted by atomic mass is 9.93. The molecule has 1 atom stereocenters. The second-order valence-electron chi connectivity index (χ2n) is 8.92. The van der Waals surface area contributed by atoms with E-state index in [1.165, 1.54) is 21.7 Å². The summed E-state index contributed by atoms with van der Waals surface area (Å²) in [6, 6.07) is 7.74. The van der Waals surface area contributed by atoms with Crippen molar-refractivity contribution >= 4 is 29.4 Å². The van der Waals surface area contributed by atoms with Crippen LogP contribution in [0.15, 0.2) is 30.3 Å². The van der Waals surface area contributed by atoms with Gasteiger partial charge in [0.1, 0.15) is 11.2 Å². The van der Waals surface area contributed by atoms with Gasteiger partial charge in [-0.3, -0.25) is 19.2 Å². The quantitative estimate of drug-likeness (QED) is 0.544. The maximum Gasteiger partial charge on any atom is 0.358 e. The van der Waals surface area contributed by atoms with Gasteiger partial charge in [0.05, 0.1) is 25.3 Å². The van der Waals surface area contributed by atoms with E-state index in [1.54, 1.807) is 39.0 Å². The number of carbonyl (C=O) groups excluding carboxylic acids is 4. The van der Waals surface area contributed by atoms with E-state index >= 15 is 0 Å². The van der Waals surface area contributed by atoms with Gasteiger partial charge in [-0.25, -0.2) is 9.59 Å². The molecule has 0 unspecified atom stereocenters. The lowest BCUT2D eigenvalue weighted by Gasteiger charge is -2.43. The first-order valence-corrected chi connectivity index (χ1v) is 11.8. The Balaban J connectivity index is 2.06. The molecule has 0 saturated heterocycles. The molecular formula is C25H32N4O6. The molecule has 0 radical (unpaired) electrons. The Morgan fingerprint density at radius 3 is 2.46 bits per heavy atom. The highest BCUT2D eigenvalue weighted by molar-refractivity contribution is 6.12. The summed E-state index contributed by atoms with van der Waals surface area (Å²) >= 11 is 0. The Morgan fingerprint density at radius 1 is 1.11 bits per heavy atom. The average Bonchev–Trinajstić information content (AvgIpc) is 3.23. The zero-order valence-electron chi connectivity index (χ0n) is 20.8. The molecule has 188 valence electrons. The predicted molar refractivity (Wildman–Crippen MR) is 128 cm³/mol. The molecule has 10 nitrogen and oxygen atoms in total. The lowest BCUT2D eigenvalue weighted by Crippen LogP contribution is -2.64. The molecule has 0 fully saturated rings. The molecule has 1 aliphatic rings. The van der Waals surface area contributed by atoms with E-state index in [9.17, 15) is 19.2 Å². The molecule has 2 amide bonds. The summed E-state index contributed by atoms with van der Waals surface area (Å²) in [7, 11) is 0. The van der Waals surface area contributed by atoms with Crippen LogP contribution in [0.5, 0.6) is 0 Å². The topological polar surface area (TPSA) is 120 Å². The molecule has 10 heteroatoms. The van der Waals surface area contributed by atoms with E-state index < -0.39 is 23.4 Å². The first kappa shape index (κ1) is 25.9. The third kappa shape index (κ3) is 5.36. The molecule has 0 saturated carbocycles. The van der Waals surface area contributed by atoms with E-state index in [0.29, 0.717) is 18.2 Å². The fourth-order valence-electron chi connectivity index (χ4n) is 3.94. The summed E-state index contributed by atoms with van der Waals surface area (Å²) in [6.45, 7) is 9.95. The molecule has 1 aliphatic heterocycles. The zero-order valence-corrected chi connectivity index (χ0v) is 20.8. The molecule has 1 aromatic heterocycles. The first-order valence-electron chi connectivity index (χ1n) is 11.8. The van der Waals surface area contributed by atoms with Crippen molar-refractivity contribution in [3.05, 3.63) is 47.3 Å². The number of nitrogens with zero attached hydrogens (tertiary/aromatic N) is 3. The maximum atomic E-state index is 13.7. The lowest BCUT2D eigenvalue weighted by molar-refractivity contribution is -0.126. The summed E-state index contributed by atoms with van der Waals surface area (Å²) in [5.41, 5.74) is -0.646. The van der Waals surface area contributed by atoms with E-state index in [2.05, 4.69) is 24.3 Å². The van der Waals surface area contributed by atoms with Crippen LogP contribution in [-0.4, -0.2) is 58.8 Å². The predicted octanol–water partition coefficient (Wildman–Crippen LogP) is 2.82. The van der Waals surface area contributed by atoms with Gasteiger partial charge in [0, 0.05) is 18.3 Å². The third-order valence-electron chi connectivity index (χ3n) is 5.75. The number of ether oxygens (including phenoxy) is 2. The van der Waals surface area contributed by atoms with Crippen molar-refractivity contribution in [3.8, 4) is 0 Å². The minimum absolute atomic E-state index is 0.00459. The highest BCUT2D eigenvalue weighted by atomic mass is 16.5. The molecule has 2 aromatic rings. The van der Waals surface area contributed by atoms with Crippen LogP contribution in [0.4, 0.5) is 5.69 Å². The molecule has 0 aliphatic carbocycles. The van der Waals surface area contributed by atoms with Crippen LogP contribution in [0.1, 0.15) is 72.4 Å². The van der Waals surface area contributed by atoms with Crippen molar-refractivity contribution in [1.29, 1.82) is 0 Å². The summed E-state index contributed by atoms with van der Waals surface area (Å²) in [4.78, 5) is 53.1. The Morgan fingerprint density at radius 2 is 1.80 bits per heavy atom. The molecule has 2 heterocycles. The fraction of sp³-hybridized carbons (Fsp3) is 0.480. The molecule has 35 heavy (non-hydrogen) atoms. The Bertz CT molecular complexity index is 1120. The maximum absolute atomic E-state index is 13.7. The van der Waals surface area contributed by atoms with E-state index in [-0.39, 0.29) is 42.6 Å². The minimum Gasteiger partial charge on any atom is -0.462 e. The Kier molecular flexibility index (Phi) is 7.93. The molecule has 3 rings (SSSR count). The van der Waals surface area contributed by atoms with Crippen LogP contribution in [0.3, 0.4) is 0 Å². The van der Waals surface area contributed by atoms with Gasteiger partial charge in [-0.15, -0.1) is 0 Å². The van der Waals surface area contributed by atoms with Crippen LogP contribution >= 0.6 is 0 Å². The number of fused-ring (bicyclic) bond motifs is 1. The van der Waals surface area contributed by atoms with Gasteiger partial charge in [-0.05, 0) is 51.3 Å². The number of nitrogens with one attached hydrogen (secondary N) is 1. The molecule has 0 spiro atoms. The number of amides is 2. The monoisotopic (exact) mass is 484 g/mol. The molecule has 1 N–H and O–H groups in total. The average molecular weight is 485 g/mol. The van der Waals surface area contributed by atoms with E-state index in [0.717, 1.165) is 6.42 Å². The highest BCUT2D eigenvalue weighted by Crippen LogP contribution is 2.33. The third-order valence-corrected chi connectivity index (χ3v) is 5.75. The van der Waals surface area contributed by atoms with Crippen LogP contribution in [0.25, 0.3) is 0 Å². The number of rotatable bonds is 9. The van der Waals surface area contributed by atoms with Crippen molar-refractivity contribution in [3.63, 3.8) is 0 Å². The van der Waals surface area contributed by atoms with Gasteiger partial charge < -0.3 is 14.8 Å². The number of benzene rings is 1. The normalized spacial score (nSPS) is 17.2. The summed E-state index contributed by atoms with van der Waals surface area (Å²) in [5.74, 6) is -1.69. The number of aromatic nitrogens is 2. The second-order valence-corrected chi connectivity index (χ2v) is 8.92. The summed E-state index contributed by atoms with van der Waals surface area (Å²) in [6.07, 6.45) is 0.772. The number of anilines is 1. The Hall–Kier alpha value is -3.69. The Labute approximate surface area is 204 Å². The standard InChI is InChI=1S/C25H32N4O6/c1-6-34-22(31)17-9-8-10-18(13-17)29-21(30)20-14-19(23(32)35-7-2)27-28(20)15-25(29,5)24(33)26-12-11-16(3)4/h8-10,13-14,16H,6-7,11-12,15H2,1-5H3,(H,26,33)/t25-/m0/s1. The van der Waals surface area contributed by atoms with Gasteiger partial charge >= 0.3 is 11.9 Å². The number of carbonyl (C=O) groups is 4. The fourth-order valence-corrected chi connectivity index (χ4v) is 3.94. The van der Waals surface area contributed by atoms with Crippen molar-refractivity contribution in [1.82, 2.24) is 15.1 Å². The molecular weight excluding hydrogens is 452 g/mol. The molecule has 1 aromatic carbocycles. The van der Waals surface area contributed by atoms with Crippen LogP contribution in [0, 0.1) is 5.92 Å². The van der Waals surface area contributed by atoms with Crippen LogP contribution < -0.4 is 10.2 Å². The second kappa shape index (κ2) is 10.7. The highest BCUT2D eigenvalue weighted by Gasteiger charge is 2.49. The van der Waals surface area contributed by atoms with Gasteiger partial charge in [0.25, 0.3) is 5.91 Å². The van der Waals surface area contributed by atoms with E-state index in [1.807, 2.05) is 0 Å². The SMILES string of the molecule is CCOC(=O)c1cccc(N2C(=O)c3cc(C(=O)OCC)nn3C[C@@]2(C)C(=O)NCCC(C)C)c1. The van der Waals surface area contributed by atoms with Gasteiger partial charge in [-0.1, -0.05) is 19.9 Å². The largest absolute Gasteiger partial charge is 0.462 e. The van der Waals surface area contributed by atoms with Gasteiger partial charge in [0.2, 0.25) is 5.91 Å². The van der Waals surface area contributed by atoms with E-state index in [4.69, 9.17) is 9.47 Å². The smallest absolute Gasteiger partial charge is 0.358 e. The van der Waals surface area contributed by atoms with Crippen molar-refractivity contribution < 1.29 is 28.7 Å². The van der Waals surface area contributed by atoms with Crippen LogP contribution in [0.2, 0.25) is 0 Å². The van der Waals surface area contributed by atoms with Crippen molar-refractivity contribution in [2.24, 2.45) is 5.92 Å². The summed E-state index contributed by atoms with van der Waals surface area (Å²) < 4.78 is 11.5. The minimum atomic E-state index is -1.38. The first-order chi connectivity index (χ1) is 16.6. The van der Waals surface area contributed by atoms with Crippen molar-refractivity contribution in [2.75, 3.05) is 24.7 Å². The summed E-state index contributed by atoms with van der Waals surface area (Å²) in [5, 5.41) is 7.17. The number of hydrogen-bond donors (Lipinski definition) is 1. The van der Waals surface area contributed by atoms with Gasteiger partial charge in [-0.2, -0.15) is 5.10 Å². The van der Waals surface area contributed by atoms with Gasteiger partial charge in [0.15, 0.2) is 5.69 Å². The van der Waals surface area contributed by atoms with Crippen molar-refractivity contribution in [2.45, 2.75) is 53.1 Å². The van der Waals surface area contributed by atoms with Crippen LogP contribution in [-0.2, 0) is 20.8 Å². The zero-order chi connectivity index (χ0) is 25.8. The number of hydrogen-bond acceptors (Lipinski definition) is 7. The molecule has 0 bridgehead atoms. The number of esters is 2.